The van der Waals surface area contributed by atoms with Crippen LogP contribution in [0.3, 0.4) is 0 Å². The van der Waals surface area contributed by atoms with Crippen LogP contribution < -0.4 is 14.8 Å². The van der Waals surface area contributed by atoms with E-state index in [1.165, 1.54) is 6.08 Å². The summed E-state index contributed by atoms with van der Waals surface area (Å²) in [4.78, 5) is 12.5. The lowest BCUT2D eigenvalue weighted by Gasteiger charge is -2.13. The Morgan fingerprint density at radius 3 is 2.47 bits per heavy atom. The van der Waals surface area contributed by atoms with Crippen LogP contribution >= 0.6 is 23.2 Å². The second-order valence-electron chi connectivity index (χ2n) is 6.67. The SMILES string of the molecule is CCOc1cc(C=C(C#N)C(=O)Nc2ccccc2)ccc1OCc1ccc(Cl)c(Cl)c1. The highest BCUT2D eigenvalue weighted by atomic mass is 35.5. The van der Waals surface area contributed by atoms with E-state index in [-0.39, 0.29) is 12.2 Å². The van der Waals surface area contributed by atoms with Crippen LogP contribution in [0.15, 0.2) is 72.3 Å². The average molecular weight is 467 g/mol. The number of hydrogen-bond acceptors (Lipinski definition) is 4. The van der Waals surface area contributed by atoms with Crippen LogP contribution in [0, 0.1) is 11.3 Å². The number of anilines is 1. The standard InChI is InChI=1S/C25H20Cl2N2O3/c1-2-31-24-14-17(12-19(15-28)25(30)29-20-6-4-3-5-7-20)9-11-23(24)32-16-18-8-10-21(26)22(27)13-18/h3-14H,2,16H2,1H3,(H,29,30). The molecule has 3 rings (SSSR count). The lowest BCUT2D eigenvalue weighted by molar-refractivity contribution is -0.112. The number of ether oxygens (including phenoxy) is 2. The molecule has 3 aromatic rings. The number of benzene rings is 3. The largest absolute Gasteiger partial charge is 0.490 e. The number of nitrogens with zero attached hydrogens (tertiary/aromatic N) is 1. The summed E-state index contributed by atoms with van der Waals surface area (Å²) in [7, 11) is 0. The number of carbonyl (C=O) groups is 1. The third-order valence-corrected chi connectivity index (χ3v) is 5.09. The van der Waals surface area contributed by atoms with E-state index in [1.807, 2.05) is 25.1 Å². The molecule has 3 aromatic carbocycles. The summed E-state index contributed by atoms with van der Waals surface area (Å²) in [6.45, 7) is 2.56. The van der Waals surface area contributed by atoms with Gasteiger partial charge >= 0.3 is 0 Å². The first-order valence-electron chi connectivity index (χ1n) is 9.82. The number of carbonyl (C=O) groups excluding carboxylic acids is 1. The minimum atomic E-state index is -0.489. The topological polar surface area (TPSA) is 71.3 Å². The van der Waals surface area contributed by atoms with Gasteiger partial charge in [-0.05, 0) is 60.5 Å². The van der Waals surface area contributed by atoms with Crippen LogP contribution in [0.1, 0.15) is 18.1 Å². The Bertz CT molecular complexity index is 1170. The summed E-state index contributed by atoms with van der Waals surface area (Å²) in [5.74, 6) is 0.543. The van der Waals surface area contributed by atoms with Crippen molar-refractivity contribution in [3.05, 3.63) is 93.5 Å². The molecule has 5 nitrogen and oxygen atoms in total. The molecule has 0 unspecified atom stereocenters. The fourth-order valence-corrected chi connectivity index (χ4v) is 3.15. The molecule has 32 heavy (non-hydrogen) atoms. The first-order chi connectivity index (χ1) is 15.5. The van der Waals surface area contributed by atoms with Crippen molar-refractivity contribution in [2.24, 2.45) is 0 Å². The summed E-state index contributed by atoms with van der Waals surface area (Å²) < 4.78 is 11.6. The Morgan fingerprint density at radius 2 is 1.78 bits per heavy atom. The highest BCUT2D eigenvalue weighted by molar-refractivity contribution is 6.42. The van der Waals surface area contributed by atoms with E-state index in [9.17, 15) is 10.1 Å². The molecule has 0 aliphatic rings. The molecular weight excluding hydrogens is 447 g/mol. The Kier molecular flexibility index (Phi) is 8.15. The van der Waals surface area contributed by atoms with Gasteiger partial charge in [-0.15, -0.1) is 0 Å². The van der Waals surface area contributed by atoms with Crippen LogP contribution in [0.25, 0.3) is 6.08 Å². The van der Waals surface area contributed by atoms with E-state index in [4.69, 9.17) is 32.7 Å². The van der Waals surface area contributed by atoms with E-state index in [2.05, 4.69) is 5.32 Å². The van der Waals surface area contributed by atoms with Crippen molar-refractivity contribution < 1.29 is 14.3 Å². The molecule has 1 N–H and O–H groups in total. The quantitative estimate of drug-likeness (QED) is 0.303. The van der Waals surface area contributed by atoms with E-state index >= 15 is 0 Å². The van der Waals surface area contributed by atoms with E-state index in [0.717, 1.165) is 5.56 Å². The van der Waals surface area contributed by atoms with Gasteiger partial charge in [0.15, 0.2) is 11.5 Å². The summed E-state index contributed by atoms with van der Waals surface area (Å²) >= 11 is 12.0. The van der Waals surface area contributed by atoms with E-state index in [0.29, 0.717) is 39.4 Å². The molecule has 0 saturated carbocycles. The summed E-state index contributed by atoms with van der Waals surface area (Å²) in [5, 5.41) is 13.1. The molecule has 0 spiro atoms. The van der Waals surface area contributed by atoms with Crippen molar-refractivity contribution in [3.63, 3.8) is 0 Å². The fraction of sp³-hybridized carbons (Fsp3) is 0.120. The van der Waals surface area contributed by atoms with Gasteiger partial charge in [-0.2, -0.15) is 5.26 Å². The predicted octanol–water partition coefficient (Wildman–Crippen LogP) is 6.52. The number of rotatable bonds is 8. The van der Waals surface area contributed by atoms with Gasteiger partial charge in [-0.1, -0.05) is 53.5 Å². The first kappa shape index (κ1) is 23.2. The van der Waals surface area contributed by atoms with Gasteiger partial charge in [0.25, 0.3) is 5.91 Å². The predicted molar refractivity (Wildman–Crippen MR) is 127 cm³/mol. The maximum absolute atomic E-state index is 12.5. The van der Waals surface area contributed by atoms with Gasteiger partial charge in [0, 0.05) is 5.69 Å². The van der Waals surface area contributed by atoms with Crippen LogP contribution in [-0.4, -0.2) is 12.5 Å². The normalized spacial score (nSPS) is 10.9. The Labute approximate surface area is 196 Å². The van der Waals surface area contributed by atoms with Crippen LogP contribution in [0.5, 0.6) is 11.5 Å². The minimum Gasteiger partial charge on any atom is -0.490 e. The molecule has 162 valence electrons. The van der Waals surface area contributed by atoms with Gasteiger partial charge in [-0.25, -0.2) is 0 Å². The van der Waals surface area contributed by atoms with E-state index < -0.39 is 5.91 Å². The summed E-state index contributed by atoms with van der Waals surface area (Å²) in [5.41, 5.74) is 2.07. The number of amides is 1. The molecule has 0 heterocycles. The monoisotopic (exact) mass is 466 g/mol. The van der Waals surface area contributed by atoms with Crippen molar-refractivity contribution in [1.29, 1.82) is 5.26 Å². The molecule has 1 amide bonds. The molecule has 0 aliphatic heterocycles. The Balaban J connectivity index is 1.78. The highest BCUT2D eigenvalue weighted by Crippen LogP contribution is 2.31. The zero-order valence-electron chi connectivity index (χ0n) is 17.3. The van der Waals surface area contributed by atoms with Gasteiger partial charge in [0.2, 0.25) is 0 Å². The molecule has 0 radical (unpaired) electrons. The second-order valence-corrected chi connectivity index (χ2v) is 7.48. The smallest absolute Gasteiger partial charge is 0.266 e. The number of hydrogen-bond donors (Lipinski definition) is 1. The maximum Gasteiger partial charge on any atom is 0.266 e. The first-order valence-corrected chi connectivity index (χ1v) is 10.6. The lowest BCUT2D eigenvalue weighted by Crippen LogP contribution is -2.13. The summed E-state index contributed by atoms with van der Waals surface area (Å²) in [6.07, 6.45) is 1.50. The van der Waals surface area contributed by atoms with Crippen LogP contribution in [-0.2, 0) is 11.4 Å². The molecular formula is C25H20Cl2N2O3. The number of para-hydroxylation sites is 1. The van der Waals surface area contributed by atoms with Gasteiger partial charge in [0.1, 0.15) is 18.2 Å². The van der Waals surface area contributed by atoms with Gasteiger partial charge < -0.3 is 14.8 Å². The number of halogens is 2. The highest BCUT2D eigenvalue weighted by Gasteiger charge is 2.12. The van der Waals surface area contributed by atoms with Crippen LogP contribution in [0.4, 0.5) is 5.69 Å². The van der Waals surface area contributed by atoms with Crippen LogP contribution in [0.2, 0.25) is 10.0 Å². The molecule has 0 fully saturated rings. The molecule has 0 atom stereocenters. The average Bonchev–Trinajstić information content (AvgIpc) is 2.80. The third kappa shape index (κ3) is 6.27. The summed E-state index contributed by atoms with van der Waals surface area (Å²) in [6, 6.07) is 21.4. The zero-order valence-corrected chi connectivity index (χ0v) is 18.8. The molecule has 0 saturated heterocycles. The molecule has 0 aromatic heterocycles. The van der Waals surface area contributed by atoms with Gasteiger partial charge in [0.05, 0.1) is 16.7 Å². The van der Waals surface area contributed by atoms with Crippen molar-refractivity contribution in [3.8, 4) is 17.6 Å². The molecule has 0 aliphatic carbocycles. The minimum absolute atomic E-state index is 0.0271. The lowest BCUT2D eigenvalue weighted by atomic mass is 10.1. The third-order valence-electron chi connectivity index (χ3n) is 4.35. The fourth-order valence-electron chi connectivity index (χ4n) is 2.83. The number of nitriles is 1. The van der Waals surface area contributed by atoms with Crippen molar-refractivity contribution in [2.45, 2.75) is 13.5 Å². The van der Waals surface area contributed by atoms with Crippen molar-refractivity contribution in [1.82, 2.24) is 0 Å². The van der Waals surface area contributed by atoms with E-state index in [1.54, 1.807) is 54.6 Å². The molecule has 0 bridgehead atoms. The Morgan fingerprint density at radius 1 is 1.00 bits per heavy atom. The maximum atomic E-state index is 12.5. The van der Waals surface area contributed by atoms with Crippen molar-refractivity contribution in [2.75, 3.05) is 11.9 Å². The van der Waals surface area contributed by atoms with Gasteiger partial charge in [-0.3, -0.25) is 4.79 Å². The number of nitrogens with one attached hydrogen (secondary N) is 1. The second kappa shape index (κ2) is 11.2. The van der Waals surface area contributed by atoms with Crippen molar-refractivity contribution >= 4 is 40.9 Å². The molecule has 7 heteroatoms. The Hall–Kier alpha value is -3.46. The zero-order chi connectivity index (χ0) is 22.9.